The van der Waals surface area contributed by atoms with Crippen molar-refractivity contribution in [1.82, 2.24) is 10.2 Å². The first-order valence-electron chi connectivity index (χ1n) is 7.84. The lowest BCUT2D eigenvalue weighted by molar-refractivity contribution is -0.0685. The van der Waals surface area contributed by atoms with Gasteiger partial charge in [-0.2, -0.15) is 5.10 Å². The summed E-state index contributed by atoms with van der Waals surface area (Å²) >= 11 is 0. The summed E-state index contributed by atoms with van der Waals surface area (Å²) in [7, 11) is 0. The van der Waals surface area contributed by atoms with Crippen LogP contribution in [0.3, 0.4) is 0 Å². The number of rotatable bonds is 2. The van der Waals surface area contributed by atoms with Gasteiger partial charge in [-0.1, -0.05) is 0 Å². The van der Waals surface area contributed by atoms with Crippen LogP contribution in [-0.2, 0) is 0 Å². The third-order valence-corrected chi connectivity index (χ3v) is 6.33. The van der Waals surface area contributed by atoms with E-state index in [2.05, 4.69) is 24.0 Å². The minimum atomic E-state index is 0.144. The van der Waals surface area contributed by atoms with E-state index in [1.807, 2.05) is 0 Å². The molecule has 0 aromatic carbocycles. The molecule has 4 saturated carbocycles. The summed E-state index contributed by atoms with van der Waals surface area (Å²) in [6.45, 7) is 4.26. The smallest absolute Gasteiger partial charge is 0.0826 e. The molecule has 4 bridgehead atoms. The normalized spacial score (nSPS) is 41.7. The minimum absolute atomic E-state index is 0.144. The van der Waals surface area contributed by atoms with Crippen molar-refractivity contribution in [2.75, 3.05) is 0 Å². The van der Waals surface area contributed by atoms with Crippen molar-refractivity contribution in [3.05, 3.63) is 17.0 Å². The van der Waals surface area contributed by atoms with Crippen LogP contribution >= 0.6 is 0 Å². The molecule has 4 fully saturated rings. The zero-order valence-corrected chi connectivity index (χ0v) is 12.1. The molecule has 4 aliphatic rings. The Kier molecular flexibility index (Phi) is 2.42. The van der Waals surface area contributed by atoms with E-state index in [-0.39, 0.29) is 6.04 Å². The molecule has 3 heteroatoms. The molecule has 19 heavy (non-hydrogen) atoms. The summed E-state index contributed by atoms with van der Waals surface area (Å²) in [5.74, 6) is 2.87. The van der Waals surface area contributed by atoms with E-state index in [4.69, 9.17) is 5.73 Å². The number of nitrogens with one attached hydrogen (secondary N) is 1. The van der Waals surface area contributed by atoms with Crippen molar-refractivity contribution in [3.63, 3.8) is 0 Å². The van der Waals surface area contributed by atoms with Crippen LogP contribution in [0.5, 0.6) is 0 Å². The molecule has 0 aliphatic heterocycles. The van der Waals surface area contributed by atoms with E-state index in [1.54, 1.807) is 0 Å². The molecule has 1 atom stereocenters. The Morgan fingerprint density at radius 1 is 1.11 bits per heavy atom. The largest absolute Gasteiger partial charge is 0.322 e. The fraction of sp³-hybridized carbons (Fsp3) is 0.812. The lowest BCUT2D eigenvalue weighted by Gasteiger charge is -2.58. The van der Waals surface area contributed by atoms with Gasteiger partial charge in [0.1, 0.15) is 0 Å². The topological polar surface area (TPSA) is 54.7 Å². The third kappa shape index (κ3) is 1.63. The van der Waals surface area contributed by atoms with Gasteiger partial charge in [-0.05, 0) is 81.1 Å². The highest BCUT2D eigenvalue weighted by Crippen LogP contribution is 2.63. The summed E-state index contributed by atoms with van der Waals surface area (Å²) in [5, 5.41) is 7.64. The van der Waals surface area contributed by atoms with E-state index in [1.165, 1.54) is 49.8 Å². The molecule has 5 rings (SSSR count). The number of H-pyrrole nitrogens is 1. The van der Waals surface area contributed by atoms with Gasteiger partial charge in [-0.15, -0.1) is 0 Å². The minimum Gasteiger partial charge on any atom is -0.322 e. The molecular formula is C16H25N3. The Hall–Kier alpha value is -0.830. The average molecular weight is 259 g/mol. The number of nitrogens with zero attached hydrogens (tertiary/aromatic N) is 1. The number of aromatic nitrogens is 2. The van der Waals surface area contributed by atoms with Crippen molar-refractivity contribution in [3.8, 4) is 0 Å². The van der Waals surface area contributed by atoms with Crippen LogP contribution in [0.4, 0.5) is 0 Å². The molecule has 4 aliphatic carbocycles. The molecule has 1 aromatic rings. The highest BCUT2D eigenvalue weighted by molar-refractivity contribution is 5.27. The molecule has 0 amide bonds. The van der Waals surface area contributed by atoms with Crippen molar-refractivity contribution >= 4 is 0 Å². The first-order valence-corrected chi connectivity index (χ1v) is 7.84. The van der Waals surface area contributed by atoms with Gasteiger partial charge < -0.3 is 5.73 Å². The second kappa shape index (κ2) is 3.85. The first-order chi connectivity index (χ1) is 9.07. The highest BCUT2D eigenvalue weighted by atomic mass is 15.1. The number of nitrogens with two attached hydrogens (primary N) is 1. The Bertz CT molecular complexity index is 467. The van der Waals surface area contributed by atoms with Crippen molar-refractivity contribution in [2.24, 2.45) is 28.9 Å². The predicted molar refractivity (Wildman–Crippen MR) is 75.6 cm³/mol. The number of hydrogen-bond donors (Lipinski definition) is 2. The van der Waals surface area contributed by atoms with Gasteiger partial charge in [0, 0.05) is 5.69 Å². The Morgan fingerprint density at radius 2 is 1.63 bits per heavy atom. The van der Waals surface area contributed by atoms with Gasteiger partial charge in [-0.3, -0.25) is 5.10 Å². The molecule has 1 aromatic heterocycles. The van der Waals surface area contributed by atoms with Crippen LogP contribution in [0, 0.1) is 37.0 Å². The summed E-state index contributed by atoms with van der Waals surface area (Å²) in [5.41, 5.74) is 10.7. The standard InChI is InChI=1S/C16H25N3/c1-9-10(2)18-19-14(9)15(17)16-6-11-3-12(7-16)5-13(4-11)8-16/h11-13,15H,3-8,17H2,1-2H3,(H,18,19). The fourth-order valence-corrected chi connectivity index (χ4v) is 5.66. The van der Waals surface area contributed by atoms with Crippen LogP contribution in [0.1, 0.15) is 61.5 Å². The number of aryl methyl sites for hydroxylation is 1. The molecule has 0 radical (unpaired) electrons. The van der Waals surface area contributed by atoms with Crippen molar-refractivity contribution in [2.45, 2.75) is 58.4 Å². The van der Waals surface area contributed by atoms with Gasteiger partial charge in [0.05, 0.1) is 11.7 Å². The maximum Gasteiger partial charge on any atom is 0.0826 e. The molecule has 104 valence electrons. The van der Waals surface area contributed by atoms with Crippen LogP contribution in [0.2, 0.25) is 0 Å². The second-order valence-corrected chi connectivity index (χ2v) is 7.62. The van der Waals surface area contributed by atoms with Crippen LogP contribution < -0.4 is 5.73 Å². The Morgan fingerprint density at radius 3 is 2.05 bits per heavy atom. The zero-order chi connectivity index (χ0) is 13.2. The van der Waals surface area contributed by atoms with Crippen LogP contribution in [0.25, 0.3) is 0 Å². The van der Waals surface area contributed by atoms with Gasteiger partial charge in [0.2, 0.25) is 0 Å². The van der Waals surface area contributed by atoms with E-state index < -0.39 is 0 Å². The number of hydrogen-bond acceptors (Lipinski definition) is 2. The Balaban J connectivity index is 1.69. The average Bonchev–Trinajstić information content (AvgIpc) is 2.67. The lowest BCUT2D eigenvalue weighted by atomic mass is 9.47. The molecule has 1 unspecified atom stereocenters. The van der Waals surface area contributed by atoms with E-state index in [9.17, 15) is 0 Å². The second-order valence-electron chi connectivity index (χ2n) is 7.62. The maximum atomic E-state index is 6.73. The van der Waals surface area contributed by atoms with Gasteiger partial charge >= 0.3 is 0 Å². The third-order valence-electron chi connectivity index (χ3n) is 6.33. The van der Waals surface area contributed by atoms with Gasteiger partial charge in [0.25, 0.3) is 0 Å². The van der Waals surface area contributed by atoms with Crippen molar-refractivity contribution < 1.29 is 0 Å². The molecule has 3 N–H and O–H groups in total. The van der Waals surface area contributed by atoms with E-state index in [0.717, 1.165) is 23.4 Å². The zero-order valence-electron chi connectivity index (χ0n) is 12.1. The monoisotopic (exact) mass is 259 g/mol. The summed E-state index contributed by atoms with van der Waals surface area (Å²) in [4.78, 5) is 0. The summed E-state index contributed by atoms with van der Waals surface area (Å²) in [6.07, 6.45) is 8.49. The van der Waals surface area contributed by atoms with Gasteiger partial charge in [0.15, 0.2) is 0 Å². The number of aromatic amines is 1. The lowest BCUT2D eigenvalue weighted by Crippen LogP contribution is -2.51. The predicted octanol–water partition coefficient (Wildman–Crippen LogP) is 3.24. The Labute approximate surface area is 115 Å². The van der Waals surface area contributed by atoms with E-state index >= 15 is 0 Å². The van der Waals surface area contributed by atoms with E-state index in [0.29, 0.717) is 5.41 Å². The quantitative estimate of drug-likeness (QED) is 0.856. The van der Waals surface area contributed by atoms with Crippen LogP contribution in [0.15, 0.2) is 0 Å². The maximum absolute atomic E-state index is 6.73. The highest BCUT2D eigenvalue weighted by Gasteiger charge is 2.54. The van der Waals surface area contributed by atoms with Crippen LogP contribution in [-0.4, -0.2) is 10.2 Å². The summed E-state index contributed by atoms with van der Waals surface area (Å²) in [6, 6.07) is 0.144. The molecule has 0 spiro atoms. The SMILES string of the molecule is Cc1[nH]nc(C(N)C23CC4CC(CC(C4)C2)C3)c1C. The molecule has 3 nitrogen and oxygen atoms in total. The van der Waals surface area contributed by atoms with Crippen molar-refractivity contribution in [1.29, 1.82) is 0 Å². The molecule has 1 heterocycles. The molecular weight excluding hydrogens is 234 g/mol. The first kappa shape index (κ1) is 12.0. The molecule has 0 saturated heterocycles. The fourth-order valence-electron chi connectivity index (χ4n) is 5.66. The summed E-state index contributed by atoms with van der Waals surface area (Å²) < 4.78 is 0. The van der Waals surface area contributed by atoms with Gasteiger partial charge in [-0.25, -0.2) is 0 Å².